The highest BCUT2D eigenvalue weighted by Crippen LogP contribution is 2.29. The molecule has 2 saturated heterocycles. The van der Waals surface area contributed by atoms with Crippen molar-refractivity contribution in [2.75, 3.05) is 36.9 Å². The fraction of sp³-hybridized carbons (Fsp3) is 0.462. The van der Waals surface area contributed by atoms with Gasteiger partial charge in [0.1, 0.15) is 5.02 Å². The van der Waals surface area contributed by atoms with E-state index >= 15 is 0 Å². The number of likely N-dealkylation sites (tertiary alicyclic amines) is 1. The van der Waals surface area contributed by atoms with E-state index in [0.29, 0.717) is 29.8 Å². The Morgan fingerprint density at radius 1 is 1.11 bits per heavy atom. The van der Waals surface area contributed by atoms with Crippen molar-refractivity contribution in [2.24, 2.45) is 13.0 Å². The number of aromatic nitrogens is 3. The lowest BCUT2D eigenvalue weighted by atomic mass is 9.95. The van der Waals surface area contributed by atoms with Gasteiger partial charge in [0, 0.05) is 51.2 Å². The number of piperidine rings is 1. The third-order valence-corrected chi connectivity index (χ3v) is 7.58. The van der Waals surface area contributed by atoms with Crippen LogP contribution in [0.3, 0.4) is 0 Å². The third-order valence-electron chi connectivity index (χ3n) is 7.31. The molecule has 1 unspecified atom stereocenters. The molecule has 10 heteroatoms. The van der Waals surface area contributed by atoms with E-state index < -0.39 is 6.10 Å². The second-order valence-electron chi connectivity index (χ2n) is 9.63. The van der Waals surface area contributed by atoms with E-state index in [1.54, 1.807) is 31.3 Å². The van der Waals surface area contributed by atoms with Crippen molar-refractivity contribution in [2.45, 2.75) is 38.7 Å². The first-order valence-corrected chi connectivity index (χ1v) is 12.8. The normalized spacial score (nSPS) is 18.8. The number of carbonyl (C=O) groups excluding carboxylic acids is 1. The molecule has 0 bridgehead atoms. The summed E-state index contributed by atoms with van der Waals surface area (Å²) in [5.74, 6) is 2.01. The van der Waals surface area contributed by atoms with Crippen molar-refractivity contribution < 1.29 is 9.53 Å². The van der Waals surface area contributed by atoms with Crippen LogP contribution in [0.5, 0.6) is 5.75 Å². The van der Waals surface area contributed by atoms with E-state index in [2.05, 4.69) is 22.1 Å². The van der Waals surface area contributed by atoms with E-state index in [-0.39, 0.29) is 17.2 Å². The van der Waals surface area contributed by atoms with Crippen LogP contribution in [0.4, 0.5) is 17.5 Å². The fourth-order valence-electron chi connectivity index (χ4n) is 4.94. The number of pyridine rings is 1. The number of nitrogens with zero attached hydrogens (tertiary/aromatic N) is 5. The number of ether oxygens (including phenoxy) is 1. The van der Waals surface area contributed by atoms with E-state index in [1.165, 1.54) is 11.0 Å². The monoisotopic (exact) mass is 510 g/mol. The quantitative estimate of drug-likeness (QED) is 0.536. The standard InChI is InChI=1S/C26H31ClN6O3/c1-4-16-7-11-33(12-8-16)26-28-15-19(27)23(30-26)29-18-5-6-20-17(13-18)14-22(25(35)32(20)3)36-21-9-10-31(2)24(21)34/h5-6,13-16,21H,4,7-12H2,1-3H3,(H,28,29,30). The van der Waals surface area contributed by atoms with Crippen molar-refractivity contribution in [3.05, 3.63) is 45.8 Å². The van der Waals surface area contributed by atoms with Gasteiger partial charge in [-0.05, 0) is 43.0 Å². The molecule has 0 radical (unpaired) electrons. The molecule has 9 nitrogen and oxygen atoms in total. The van der Waals surface area contributed by atoms with Gasteiger partial charge in [0.2, 0.25) is 5.95 Å². The molecule has 190 valence electrons. The molecule has 0 saturated carbocycles. The third kappa shape index (κ3) is 4.72. The van der Waals surface area contributed by atoms with Gasteiger partial charge >= 0.3 is 0 Å². The van der Waals surface area contributed by atoms with Gasteiger partial charge in [-0.2, -0.15) is 4.98 Å². The smallest absolute Gasteiger partial charge is 0.293 e. The first kappa shape index (κ1) is 24.4. The van der Waals surface area contributed by atoms with Crippen molar-refractivity contribution in [1.29, 1.82) is 0 Å². The van der Waals surface area contributed by atoms with Crippen molar-refractivity contribution in [3.63, 3.8) is 0 Å². The Morgan fingerprint density at radius 3 is 2.58 bits per heavy atom. The number of amides is 1. The number of rotatable bonds is 6. The zero-order valence-electron chi connectivity index (χ0n) is 20.8. The molecule has 0 spiro atoms. The van der Waals surface area contributed by atoms with Crippen LogP contribution in [-0.2, 0) is 11.8 Å². The van der Waals surface area contributed by atoms with E-state index in [9.17, 15) is 9.59 Å². The lowest BCUT2D eigenvalue weighted by Gasteiger charge is -2.31. The Kier molecular flexibility index (Phi) is 6.75. The fourth-order valence-corrected chi connectivity index (χ4v) is 5.08. The lowest BCUT2D eigenvalue weighted by Crippen LogP contribution is -2.34. The second-order valence-corrected chi connectivity index (χ2v) is 10.0. The number of nitrogens with one attached hydrogen (secondary N) is 1. The van der Waals surface area contributed by atoms with Crippen LogP contribution in [0.1, 0.15) is 32.6 Å². The predicted octanol–water partition coefficient (Wildman–Crippen LogP) is 3.96. The molecular weight excluding hydrogens is 480 g/mol. The molecule has 1 aromatic carbocycles. The number of likely N-dealkylation sites (N-methyl/N-ethyl adjacent to an activating group) is 1. The van der Waals surface area contributed by atoms with Gasteiger partial charge < -0.3 is 24.4 Å². The molecule has 2 aliphatic heterocycles. The molecule has 5 rings (SSSR count). The maximum absolute atomic E-state index is 12.9. The summed E-state index contributed by atoms with van der Waals surface area (Å²) in [6.07, 6.45) is 5.04. The second kappa shape index (κ2) is 9.97. The van der Waals surface area contributed by atoms with Crippen LogP contribution in [0, 0.1) is 5.92 Å². The van der Waals surface area contributed by atoms with Gasteiger partial charge in [-0.1, -0.05) is 24.9 Å². The highest BCUT2D eigenvalue weighted by molar-refractivity contribution is 6.32. The summed E-state index contributed by atoms with van der Waals surface area (Å²) in [5.41, 5.74) is 1.24. The number of carbonyl (C=O) groups is 1. The summed E-state index contributed by atoms with van der Waals surface area (Å²) in [6.45, 7) is 4.73. The van der Waals surface area contributed by atoms with Gasteiger partial charge in [-0.3, -0.25) is 9.59 Å². The van der Waals surface area contributed by atoms with E-state index in [4.69, 9.17) is 21.3 Å². The molecule has 3 aromatic rings. The Labute approximate surface area is 215 Å². The van der Waals surface area contributed by atoms with E-state index in [0.717, 1.165) is 48.4 Å². The van der Waals surface area contributed by atoms with Gasteiger partial charge in [0.25, 0.3) is 11.5 Å². The average Bonchev–Trinajstić information content (AvgIpc) is 3.20. The van der Waals surface area contributed by atoms with Crippen molar-refractivity contribution in [3.8, 4) is 5.75 Å². The molecule has 1 atom stereocenters. The average molecular weight is 511 g/mol. The zero-order chi connectivity index (χ0) is 25.4. The summed E-state index contributed by atoms with van der Waals surface area (Å²) >= 11 is 6.43. The highest BCUT2D eigenvalue weighted by atomic mass is 35.5. The summed E-state index contributed by atoms with van der Waals surface area (Å²) in [5, 5.41) is 4.53. The first-order valence-electron chi connectivity index (χ1n) is 12.4. The number of aryl methyl sites for hydroxylation is 1. The molecule has 2 aliphatic rings. The van der Waals surface area contributed by atoms with Crippen LogP contribution in [0.2, 0.25) is 5.02 Å². The van der Waals surface area contributed by atoms with Crippen molar-refractivity contribution >= 4 is 45.9 Å². The van der Waals surface area contributed by atoms with Crippen LogP contribution in [0.25, 0.3) is 10.9 Å². The number of fused-ring (bicyclic) bond motifs is 1. The van der Waals surface area contributed by atoms with Crippen LogP contribution in [-0.4, -0.2) is 58.1 Å². The number of hydrogen-bond donors (Lipinski definition) is 1. The minimum absolute atomic E-state index is 0.110. The highest BCUT2D eigenvalue weighted by Gasteiger charge is 2.31. The van der Waals surface area contributed by atoms with Crippen molar-refractivity contribution in [1.82, 2.24) is 19.4 Å². The Bertz CT molecular complexity index is 1350. The molecule has 2 aromatic heterocycles. The number of benzene rings is 1. The van der Waals surface area contributed by atoms with E-state index in [1.807, 2.05) is 18.2 Å². The molecular formula is C26H31ClN6O3. The Balaban J connectivity index is 1.40. The summed E-state index contributed by atoms with van der Waals surface area (Å²) < 4.78 is 7.40. The molecule has 1 amide bonds. The van der Waals surface area contributed by atoms with Gasteiger partial charge in [0.05, 0.1) is 11.7 Å². The summed E-state index contributed by atoms with van der Waals surface area (Å²) in [7, 11) is 3.43. The van der Waals surface area contributed by atoms with Gasteiger partial charge in [-0.15, -0.1) is 0 Å². The Hall–Kier alpha value is -3.33. The summed E-state index contributed by atoms with van der Waals surface area (Å²) in [4.78, 5) is 38.1. The minimum Gasteiger partial charge on any atom is -0.475 e. The van der Waals surface area contributed by atoms with Gasteiger partial charge in [0.15, 0.2) is 17.7 Å². The van der Waals surface area contributed by atoms with Crippen LogP contribution < -0.4 is 20.5 Å². The lowest BCUT2D eigenvalue weighted by molar-refractivity contribution is -0.132. The van der Waals surface area contributed by atoms with Crippen LogP contribution >= 0.6 is 11.6 Å². The molecule has 0 aliphatic carbocycles. The number of halogens is 1. The molecule has 36 heavy (non-hydrogen) atoms. The largest absolute Gasteiger partial charge is 0.475 e. The summed E-state index contributed by atoms with van der Waals surface area (Å²) in [6, 6.07) is 7.35. The maximum Gasteiger partial charge on any atom is 0.293 e. The first-order chi connectivity index (χ1) is 17.3. The van der Waals surface area contributed by atoms with Gasteiger partial charge in [-0.25, -0.2) is 4.98 Å². The molecule has 1 N–H and O–H groups in total. The zero-order valence-corrected chi connectivity index (χ0v) is 21.6. The maximum atomic E-state index is 12.9. The number of hydrogen-bond acceptors (Lipinski definition) is 7. The van der Waals surface area contributed by atoms with Crippen LogP contribution in [0.15, 0.2) is 35.3 Å². The molecule has 2 fully saturated rings. The number of anilines is 3. The topological polar surface area (TPSA) is 92.6 Å². The SMILES string of the molecule is CCC1CCN(c2ncc(Cl)c(Nc3ccc4c(c3)cc(OC3CCN(C)C3=O)c(=O)n4C)n2)CC1. The predicted molar refractivity (Wildman–Crippen MR) is 141 cm³/mol. The Morgan fingerprint density at radius 2 is 1.89 bits per heavy atom. The minimum atomic E-state index is -0.637. The molecule has 4 heterocycles.